The minimum absolute atomic E-state index is 0.00326. The number of amides is 2. The van der Waals surface area contributed by atoms with Crippen LogP contribution in [0.5, 0.6) is 0 Å². The van der Waals surface area contributed by atoms with Gasteiger partial charge in [0.1, 0.15) is 12.1 Å². The summed E-state index contributed by atoms with van der Waals surface area (Å²) in [5.41, 5.74) is 0.990. The normalized spacial score (nSPS) is 24.3. The highest BCUT2D eigenvalue weighted by molar-refractivity contribution is 5.87. The van der Waals surface area contributed by atoms with Crippen molar-refractivity contribution in [2.45, 2.75) is 57.5 Å². The van der Waals surface area contributed by atoms with Gasteiger partial charge in [0.05, 0.1) is 0 Å². The van der Waals surface area contributed by atoms with Crippen LogP contribution < -0.4 is 10.2 Å². The van der Waals surface area contributed by atoms with Gasteiger partial charge in [0.2, 0.25) is 11.8 Å². The molecule has 3 aliphatic rings. The van der Waals surface area contributed by atoms with E-state index in [1.807, 2.05) is 11.8 Å². The van der Waals surface area contributed by atoms with Gasteiger partial charge in [-0.25, -0.2) is 9.97 Å². The third-order valence-electron chi connectivity index (χ3n) is 5.76. The molecular formula is C19H27N5O2. The second-order valence-electron chi connectivity index (χ2n) is 7.75. The van der Waals surface area contributed by atoms with Crippen molar-refractivity contribution >= 4 is 17.6 Å². The highest BCUT2D eigenvalue weighted by atomic mass is 16.2. The van der Waals surface area contributed by atoms with Crippen molar-refractivity contribution < 1.29 is 9.59 Å². The maximum Gasteiger partial charge on any atom is 0.226 e. The van der Waals surface area contributed by atoms with Gasteiger partial charge in [-0.2, -0.15) is 0 Å². The van der Waals surface area contributed by atoms with E-state index in [2.05, 4.69) is 26.3 Å². The summed E-state index contributed by atoms with van der Waals surface area (Å²) in [6.07, 6.45) is 7.12. The summed E-state index contributed by atoms with van der Waals surface area (Å²) in [7, 11) is 0. The molecule has 1 saturated carbocycles. The number of nitrogens with one attached hydrogen (secondary N) is 1. The van der Waals surface area contributed by atoms with Crippen LogP contribution in [0.4, 0.5) is 5.82 Å². The molecule has 1 N–H and O–H groups in total. The zero-order valence-corrected chi connectivity index (χ0v) is 15.4. The molecule has 1 unspecified atom stereocenters. The van der Waals surface area contributed by atoms with Crippen LogP contribution in [-0.4, -0.2) is 58.4 Å². The van der Waals surface area contributed by atoms with Gasteiger partial charge in [-0.15, -0.1) is 0 Å². The van der Waals surface area contributed by atoms with E-state index in [9.17, 15) is 9.59 Å². The van der Waals surface area contributed by atoms with Gasteiger partial charge in [0, 0.05) is 55.8 Å². The number of likely N-dealkylation sites (tertiary alicyclic amines) is 1. The van der Waals surface area contributed by atoms with Gasteiger partial charge in [0.15, 0.2) is 0 Å². The van der Waals surface area contributed by atoms with Crippen LogP contribution in [0.3, 0.4) is 0 Å². The minimum Gasteiger partial charge on any atom is -0.356 e. The fourth-order valence-corrected chi connectivity index (χ4v) is 4.22. The maximum absolute atomic E-state index is 12.7. The van der Waals surface area contributed by atoms with E-state index in [-0.39, 0.29) is 17.7 Å². The summed E-state index contributed by atoms with van der Waals surface area (Å²) in [6.45, 7) is 4.16. The molecule has 140 valence electrons. The third kappa shape index (κ3) is 3.66. The van der Waals surface area contributed by atoms with Crippen LogP contribution >= 0.6 is 0 Å². The largest absolute Gasteiger partial charge is 0.356 e. The van der Waals surface area contributed by atoms with Gasteiger partial charge in [-0.1, -0.05) is 0 Å². The SMILES string of the molecule is Cc1cc(N(C2CC2)C2CCN(C(=O)C3CCNC(=O)C3)CC2)ncn1. The number of aryl methyl sites for hydroxylation is 1. The van der Waals surface area contributed by atoms with Gasteiger partial charge in [-0.05, 0) is 39.0 Å². The Morgan fingerprint density at radius 3 is 2.54 bits per heavy atom. The lowest BCUT2D eigenvalue weighted by atomic mass is 9.94. The van der Waals surface area contributed by atoms with E-state index < -0.39 is 0 Å². The number of hydrogen-bond acceptors (Lipinski definition) is 5. The van der Waals surface area contributed by atoms with E-state index in [1.54, 1.807) is 6.33 Å². The lowest BCUT2D eigenvalue weighted by molar-refractivity contribution is -0.141. The molecule has 1 aromatic rings. The molecule has 0 radical (unpaired) electrons. The van der Waals surface area contributed by atoms with Crippen molar-refractivity contribution in [2.75, 3.05) is 24.5 Å². The van der Waals surface area contributed by atoms with E-state index in [1.165, 1.54) is 12.8 Å². The molecule has 1 aliphatic carbocycles. The predicted octanol–water partition coefficient (Wildman–Crippen LogP) is 1.27. The molecule has 2 aliphatic heterocycles. The average molecular weight is 357 g/mol. The van der Waals surface area contributed by atoms with Gasteiger partial charge in [0.25, 0.3) is 0 Å². The van der Waals surface area contributed by atoms with E-state index in [4.69, 9.17) is 0 Å². The summed E-state index contributed by atoms with van der Waals surface area (Å²) in [4.78, 5) is 37.5. The summed E-state index contributed by atoms with van der Waals surface area (Å²) >= 11 is 0. The lowest BCUT2D eigenvalue weighted by Crippen LogP contribution is -2.50. The highest BCUT2D eigenvalue weighted by Gasteiger charge is 2.38. The molecule has 0 spiro atoms. The summed E-state index contributed by atoms with van der Waals surface area (Å²) in [5, 5.41) is 2.81. The smallest absolute Gasteiger partial charge is 0.226 e. The lowest BCUT2D eigenvalue weighted by Gasteiger charge is -2.40. The van der Waals surface area contributed by atoms with Crippen molar-refractivity contribution in [1.82, 2.24) is 20.2 Å². The van der Waals surface area contributed by atoms with Crippen LogP contribution in [-0.2, 0) is 9.59 Å². The topological polar surface area (TPSA) is 78.4 Å². The molecule has 3 heterocycles. The summed E-state index contributed by atoms with van der Waals surface area (Å²) in [6, 6.07) is 3.07. The van der Waals surface area contributed by atoms with Crippen molar-refractivity contribution in [3.05, 3.63) is 18.1 Å². The third-order valence-corrected chi connectivity index (χ3v) is 5.76. The van der Waals surface area contributed by atoms with Crippen molar-refractivity contribution in [3.63, 3.8) is 0 Å². The fraction of sp³-hybridized carbons (Fsp3) is 0.684. The molecule has 4 rings (SSSR count). The molecule has 7 heteroatoms. The second kappa shape index (κ2) is 7.21. The maximum atomic E-state index is 12.7. The molecule has 3 fully saturated rings. The number of carbonyl (C=O) groups excluding carboxylic acids is 2. The summed E-state index contributed by atoms with van der Waals surface area (Å²) < 4.78 is 0. The van der Waals surface area contributed by atoms with Crippen LogP contribution in [0.1, 0.15) is 44.2 Å². The minimum atomic E-state index is -0.135. The van der Waals surface area contributed by atoms with E-state index >= 15 is 0 Å². The van der Waals surface area contributed by atoms with Crippen molar-refractivity contribution in [3.8, 4) is 0 Å². The van der Waals surface area contributed by atoms with E-state index in [0.717, 1.165) is 43.9 Å². The average Bonchev–Trinajstić information content (AvgIpc) is 3.47. The van der Waals surface area contributed by atoms with Crippen LogP contribution in [0.25, 0.3) is 0 Å². The number of rotatable bonds is 4. The van der Waals surface area contributed by atoms with Gasteiger partial charge < -0.3 is 15.1 Å². The predicted molar refractivity (Wildman–Crippen MR) is 97.6 cm³/mol. The molecular weight excluding hydrogens is 330 g/mol. The first-order chi connectivity index (χ1) is 12.6. The number of hydrogen-bond donors (Lipinski definition) is 1. The Labute approximate surface area is 154 Å². The van der Waals surface area contributed by atoms with E-state index in [0.29, 0.717) is 25.0 Å². The second-order valence-corrected chi connectivity index (χ2v) is 7.75. The Balaban J connectivity index is 1.39. The highest BCUT2D eigenvalue weighted by Crippen LogP contribution is 2.35. The van der Waals surface area contributed by atoms with Gasteiger partial charge >= 0.3 is 0 Å². The molecule has 26 heavy (non-hydrogen) atoms. The Hall–Kier alpha value is -2.18. The monoisotopic (exact) mass is 357 g/mol. The first kappa shape index (κ1) is 17.2. The Bertz CT molecular complexity index is 682. The van der Waals surface area contributed by atoms with Crippen molar-refractivity contribution in [2.24, 2.45) is 5.92 Å². The summed E-state index contributed by atoms with van der Waals surface area (Å²) in [5.74, 6) is 1.05. The van der Waals surface area contributed by atoms with Crippen LogP contribution in [0.15, 0.2) is 12.4 Å². The number of piperidine rings is 2. The molecule has 2 saturated heterocycles. The zero-order chi connectivity index (χ0) is 18.1. The number of nitrogens with zero attached hydrogens (tertiary/aromatic N) is 4. The number of carbonyl (C=O) groups is 2. The standard InChI is InChI=1S/C19H27N5O2/c1-13-10-17(22-12-21-13)24(15-2-3-15)16-5-8-23(9-6-16)19(26)14-4-7-20-18(25)11-14/h10,12,14-16H,2-9,11H2,1H3,(H,20,25). The fourth-order valence-electron chi connectivity index (χ4n) is 4.22. The number of anilines is 1. The quantitative estimate of drug-likeness (QED) is 0.878. The van der Waals surface area contributed by atoms with Gasteiger partial charge in [-0.3, -0.25) is 9.59 Å². The first-order valence-corrected chi connectivity index (χ1v) is 9.74. The first-order valence-electron chi connectivity index (χ1n) is 9.74. The molecule has 0 aromatic carbocycles. The van der Waals surface area contributed by atoms with Crippen LogP contribution in [0.2, 0.25) is 0 Å². The molecule has 1 atom stereocenters. The number of aromatic nitrogens is 2. The van der Waals surface area contributed by atoms with Crippen molar-refractivity contribution in [1.29, 1.82) is 0 Å². The molecule has 7 nitrogen and oxygen atoms in total. The Kier molecular flexibility index (Phi) is 4.78. The van der Waals surface area contributed by atoms with Crippen LogP contribution in [0, 0.1) is 12.8 Å². The Morgan fingerprint density at radius 1 is 1.15 bits per heavy atom. The molecule has 0 bridgehead atoms. The molecule has 2 amide bonds. The zero-order valence-electron chi connectivity index (χ0n) is 15.4. The molecule has 1 aromatic heterocycles. The Morgan fingerprint density at radius 2 is 1.88 bits per heavy atom.